The number of carbonyl (C=O) groups excluding carboxylic acids is 2. The lowest BCUT2D eigenvalue weighted by molar-refractivity contribution is -0.119. The topological polar surface area (TPSA) is 106 Å². The Morgan fingerprint density at radius 3 is 2.45 bits per heavy atom. The summed E-state index contributed by atoms with van der Waals surface area (Å²) >= 11 is 7.82. The number of nitrogens with zero attached hydrogens (tertiary/aromatic N) is 2. The van der Waals surface area contributed by atoms with Crippen LogP contribution < -0.4 is 5.32 Å². The number of thiazole rings is 1. The molecule has 0 radical (unpaired) electrons. The third kappa shape index (κ3) is 6.36. The molecule has 4 aromatic rings. The van der Waals surface area contributed by atoms with E-state index in [2.05, 4.69) is 16.4 Å². The van der Waals surface area contributed by atoms with Gasteiger partial charge in [-0.2, -0.15) is 4.31 Å². The zero-order valence-corrected chi connectivity index (χ0v) is 24.2. The van der Waals surface area contributed by atoms with Crippen LogP contribution in [-0.2, 0) is 19.6 Å². The standard InChI is InChI=1S/C29H28ClN3O5S2/c1-19-6-13-24-25(16-19)39-28(32-24)20-7-10-22(11-8-20)31-27(34)18-38-29(35)21-9-12-23(30)26(17-21)40(36,37)33-14-4-2-3-5-15-33/h6-13,16-17H,2-5,14-15,18H2,1H3,(H,31,34). The Morgan fingerprint density at radius 2 is 1.73 bits per heavy atom. The van der Waals surface area contributed by atoms with Gasteiger partial charge in [0.1, 0.15) is 9.90 Å². The molecule has 1 saturated heterocycles. The fourth-order valence-corrected chi connectivity index (χ4v) is 7.60. The van der Waals surface area contributed by atoms with Gasteiger partial charge in [-0.1, -0.05) is 30.5 Å². The molecule has 0 unspecified atom stereocenters. The van der Waals surface area contributed by atoms with Crippen LogP contribution in [0.1, 0.15) is 41.6 Å². The predicted octanol–water partition coefficient (Wildman–Crippen LogP) is 6.29. The first kappa shape index (κ1) is 28.2. The van der Waals surface area contributed by atoms with Gasteiger partial charge in [-0.15, -0.1) is 11.3 Å². The molecule has 1 aromatic heterocycles. The lowest BCUT2D eigenvalue weighted by Gasteiger charge is -2.21. The largest absolute Gasteiger partial charge is 0.452 e. The van der Waals surface area contributed by atoms with Gasteiger partial charge in [-0.3, -0.25) is 4.79 Å². The monoisotopic (exact) mass is 597 g/mol. The average molecular weight is 598 g/mol. The van der Waals surface area contributed by atoms with Crippen LogP contribution in [0, 0.1) is 6.92 Å². The Labute approximate surface area is 242 Å². The highest BCUT2D eigenvalue weighted by Crippen LogP contribution is 2.31. The van der Waals surface area contributed by atoms with Crippen LogP contribution in [0.2, 0.25) is 5.02 Å². The molecule has 1 aliphatic rings. The molecule has 5 rings (SSSR count). The lowest BCUT2D eigenvalue weighted by Crippen LogP contribution is -2.32. The van der Waals surface area contributed by atoms with Crippen molar-refractivity contribution in [3.05, 3.63) is 76.8 Å². The minimum atomic E-state index is -3.87. The Morgan fingerprint density at radius 1 is 1.00 bits per heavy atom. The van der Waals surface area contributed by atoms with E-state index in [0.717, 1.165) is 46.5 Å². The summed E-state index contributed by atoms with van der Waals surface area (Å²) in [4.78, 5) is 29.6. The molecule has 11 heteroatoms. The second-order valence-electron chi connectivity index (χ2n) is 9.66. The summed E-state index contributed by atoms with van der Waals surface area (Å²) < 4.78 is 34.1. The van der Waals surface area contributed by atoms with Gasteiger partial charge < -0.3 is 10.1 Å². The van der Waals surface area contributed by atoms with Gasteiger partial charge in [-0.05, 0) is 79.9 Å². The molecule has 0 saturated carbocycles. The number of hydrogen-bond acceptors (Lipinski definition) is 7. The van der Waals surface area contributed by atoms with Crippen LogP contribution >= 0.6 is 22.9 Å². The van der Waals surface area contributed by atoms with E-state index in [1.807, 2.05) is 31.2 Å². The molecular weight excluding hydrogens is 570 g/mol. The van der Waals surface area contributed by atoms with E-state index in [1.54, 1.807) is 23.5 Å². The minimum absolute atomic E-state index is 0.000906. The third-order valence-corrected chi connectivity index (χ3v) is 10.1. The number of rotatable bonds is 7. The Kier molecular flexibility index (Phi) is 8.51. The molecule has 3 aromatic carbocycles. The van der Waals surface area contributed by atoms with Crippen molar-refractivity contribution in [2.75, 3.05) is 25.0 Å². The number of aromatic nitrogens is 1. The molecule has 1 fully saturated rings. The zero-order chi connectivity index (χ0) is 28.3. The minimum Gasteiger partial charge on any atom is -0.452 e. The van der Waals surface area contributed by atoms with Crippen molar-refractivity contribution in [2.45, 2.75) is 37.5 Å². The van der Waals surface area contributed by atoms with E-state index in [1.165, 1.54) is 28.1 Å². The van der Waals surface area contributed by atoms with Gasteiger partial charge in [0, 0.05) is 24.3 Å². The molecule has 208 valence electrons. The maximum Gasteiger partial charge on any atom is 0.338 e. The molecule has 0 aliphatic carbocycles. The molecule has 0 bridgehead atoms. The van der Waals surface area contributed by atoms with Gasteiger partial charge >= 0.3 is 5.97 Å². The number of esters is 1. The Bertz CT molecular complexity index is 1660. The van der Waals surface area contributed by atoms with E-state index < -0.39 is 28.5 Å². The smallest absolute Gasteiger partial charge is 0.338 e. The number of aryl methyl sites for hydroxylation is 1. The summed E-state index contributed by atoms with van der Waals surface area (Å²) in [6, 6.07) is 17.3. The third-order valence-electron chi connectivity index (χ3n) is 6.64. The second-order valence-corrected chi connectivity index (χ2v) is 13.0. The highest BCUT2D eigenvalue weighted by atomic mass is 35.5. The Hall–Kier alpha value is -3.31. The first-order valence-corrected chi connectivity index (χ1v) is 15.6. The molecule has 1 amide bonds. The Balaban J connectivity index is 1.20. The summed E-state index contributed by atoms with van der Waals surface area (Å²) in [5, 5.41) is 3.61. The van der Waals surface area contributed by atoms with Crippen molar-refractivity contribution in [1.82, 2.24) is 9.29 Å². The quantitative estimate of drug-likeness (QED) is 0.251. The maximum absolute atomic E-state index is 13.2. The molecule has 2 heterocycles. The van der Waals surface area contributed by atoms with E-state index in [4.69, 9.17) is 16.3 Å². The fraction of sp³-hybridized carbons (Fsp3) is 0.276. The summed E-state index contributed by atoms with van der Waals surface area (Å²) in [5.74, 6) is -1.34. The first-order chi connectivity index (χ1) is 19.2. The first-order valence-electron chi connectivity index (χ1n) is 12.9. The van der Waals surface area contributed by atoms with Gasteiger partial charge in [0.15, 0.2) is 6.61 Å². The SMILES string of the molecule is Cc1ccc2nc(-c3ccc(NC(=O)COC(=O)c4ccc(Cl)c(S(=O)(=O)N5CCCCCC5)c4)cc3)sc2c1. The number of halogens is 1. The van der Waals surface area contributed by atoms with Gasteiger partial charge in [0.25, 0.3) is 5.91 Å². The van der Waals surface area contributed by atoms with E-state index in [9.17, 15) is 18.0 Å². The summed E-state index contributed by atoms with van der Waals surface area (Å²) in [5.41, 5.74) is 3.59. The maximum atomic E-state index is 13.2. The fourth-order valence-electron chi connectivity index (χ4n) is 4.51. The lowest BCUT2D eigenvalue weighted by atomic mass is 10.2. The summed E-state index contributed by atoms with van der Waals surface area (Å²) in [6.45, 7) is 2.33. The number of sulfonamides is 1. The van der Waals surface area contributed by atoms with Crippen LogP contribution in [0.15, 0.2) is 65.6 Å². The summed E-state index contributed by atoms with van der Waals surface area (Å²) in [6.07, 6.45) is 3.50. The average Bonchev–Trinajstić information content (AvgIpc) is 3.15. The van der Waals surface area contributed by atoms with Gasteiger partial charge in [0.2, 0.25) is 10.0 Å². The molecule has 40 heavy (non-hydrogen) atoms. The molecule has 1 aliphatic heterocycles. The van der Waals surface area contributed by atoms with Gasteiger partial charge in [0.05, 0.1) is 20.8 Å². The molecule has 0 atom stereocenters. The number of benzene rings is 3. The van der Waals surface area contributed by atoms with Gasteiger partial charge in [-0.25, -0.2) is 18.2 Å². The molecule has 0 spiro atoms. The van der Waals surface area contributed by atoms with Crippen molar-refractivity contribution in [3.63, 3.8) is 0 Å². The van der Waals surface area contributed by atoms with Crippen LogP contribution in [0.4, 0.5) is 5.69 Å². The number of carbonyl (C=O) groups is 2. The molecule has 1 N–H and O–H groups in total. The van der Waals surface area contributed by atoms with E-state index in [-0.39, 0.29) is 15.5 Å². The molecular formula is C29H28ClN3O5S2. The number of hydrogen-bond donors (Lipinski definition) is 1. The number of amides is 1. The number of fused-ring (bicyclic) bond motifs is 1. The number of nitrogens with one attached hydrogen (secondary N) is 1. The van der Waals surface area contributed by atoms with Crippen molar-refractivity contribution in [3.8, 4) is 10.6 Å². The van der Waals surface area contributed by atoms with Crippen LogP contribution in [-0.4, -0.2) is 49.3 Å². The van der Waals surface area contributed by atoms with Crippen LogP contribution in [0.3, 0.4) is 0 Å². The van der Waals surface area contributed by atoms with Crippen LogP contribution in [0.5, 0.6) is 0 Å². The van der Waals surface area contributed by atoms with Crippen molar-refractivity contribution >= 4 is 60.7 Å². The van der Waals surface area contributed by atoms with Crippen molar-refractivity contribution in [1.29, 1.82) is 0 Å². The zero-order valence-electron chi connectivity index (χ0n) is 21.9. The van der Waals surface area contributed by atoms with Crippen molar-refractivity contribution in [2.24, 2.45) is 0 Å². The second kappa shape index (κ2) is 12.1. The normalized spacial score (nSPS) is 14.6. The van der Waals surface area contributed by atoms with Crippen LogP contribution in [0.25, 0.3) is 20.8 Å². The summed E-state index contributed by atoms with van der Waals surface area (Å²) in [7, 11) is -3.87. The highest BCUT2D eigenvalue weighted by molar-refractivity contribution is 7.89. The van der Waals surface area contributed by atoms with Crippen molar-refractivity contribution < 1.29 is 22.7 Å². The van der Waals surface area contributed by atoms with E-state index >= 15 is 0 Å². The van der Waals surface area contributed by atoms with E-state index in [0.29, 0.717) is 18.8 Å². The number of anilines is 1. The highest BCUT2D eigenvalue weighted by Gasteiger charge is 2.28. The number of ether oxygens (including phenoxy) is 1. The predicted molar refractivity (Wildman–Crippen MR) is 157 cm³/mol. The molecule has 8 nitrogen and oxygen atoms in total.